The summed E-state index contributed by atoms with van der Waals surface area (Å²) in [6, 6.07) is 0. The Hall–Kier alpha value is 0.157. The lowest BCUT2D eigenvalue weighted by atomic mass is 10.1. The smallest absolute Gasteiger partial charge is 0.348 e. The molecule has 118 valence electrons. The summed E-state index contributed by atoms with van der Waals surface area (Å²) in [5.74, 6) is 0. The van der Waals surface area contributed by atoms with E-state index in [2.05, 4.69) is 20.4 Å². The van der Waals surface area contributed by atoms with Gasteiger partial charge in [-0.2, -0.15) is 0 Å². The molecule has 0 radical (unpaired) electrons. The summed E-state index contributed by atoms with van der Waals surface area (Å²) >= 11 is 1.49. The first kappa shape index (κ1) is 18.2. The Balaban J connectivity index is 2.30. The Morgan fingerprint density at radius 1 is 1.15 bits per heavy atom. The van der Waals surface area contributed by atoms with Crippen LogP contribution in [0.5, 0.6) is 0 Å². The lowest BCUT2D eigenvalue weighted by Crippen LogP contribution is -2.52. The minimum absolute atomic E-state index is 0.242. The lowest BCUT2D eigenvalue weighted by Gasteiger charge is -2.36. The topological polar surface area (TPSA) is 35.5 Å². The second-order valence-corrected chi connectivity index (χ2v) is 10.6. The summed E-state index contributed by atoms with van der Waals surface area (Å²) in [4.78, 5) is 12.3. The fraction of sp³-hybridized carbons (Fsp3) is 0.933. The number of rotatable bonds is 9. The molecule has 0 bridgehead atoms. The van der Waals surface area contributed by atoms with Crippen LogP contribution >= 0.6 is 11.8 Å². The number of unbranched alkanes of at least 4 members (excludes halogenated alkanes) is 4. The highest BCUT2D eigenvalue weighted by Gasteiger charge is 2.43. The fourth-order valence-electron chi connectivity index (χ4n) is 2.49. The normalized spacial score (nSPS) is 19.8. The van der Waals surface area contributed by atoms with Crippen LogP contribution in [0.2, 0.25) is 6.55 Å². The zero-order chi connectivity index (χ0) is 14.8. The molecule has 1 aliphatic heterocycles. The van der Waals surface area contributed by atoms with Crippen molar-refractivity contribution < 1.29 is 13.6 Å². The van der Waals surface area contributed by atoms with Crippen LogP contribution in [0, 0.1) is 0 Å². The summed E-state index contributed by atoms with van der Waals surface area (Å²) < 4.78 is 11.8. The molecular weight excluding hydrogens is 288 g/mol. The van der Waals surface area contributed by atoms with Gasteiger partial charge in [0.1, 0.15) is 0 Å². The maximum absolute atomic E-state index is 12.1. The van der Waals surface area contributed by atoms with Crippen molar-refractivity contribution in [2.75, 3.05) is 13.2 Å². The van der Waals surface area contributed by atoms with Gasteiger partial charge in [-0.15, -0.1) is 0 Å². The summed E-state index contributed by atoms with van der Waals surface area (Å²) in [6.07, 6.45) is 8.63. The minimum Gasteiger partial charge on any atom is -0.394 e. The molecule has 20 heavy (non-hydrogen) atoms. The Kier molecular flexibility index (Phi) is 9.08. The number of carbonyl (C=O) groups excluding carboxylic acids is 1. The Morgan fingerprint density at radius 2 is 1.80 bits per heavy atom. The van der Waals surface area contributed by atoms with Gasteiger partial charge in [0.25, 0.3) is 0 Å². The van der Waals surface area contributed by atoms with E-state index >= 15 is 0 Å². The highest BCUT2D eigenvalue weighted by atomic mass is 32.2. The third-order valence-electron chi connectivity index (χ3n) is 3.78. The van der Waals surface area contributed by atoms with E-state index in [9.17, 15) is 4.79 Å². The molecule has 0 N–H and O–H groups in total. The van der Waals surface area contributed by atoms with Gasteiger partial charge in [-0.3, -0.25) is 4.79 Å². The van der Waals surface area contributed by atoms with E-state index in [-0.39, 0.29) is 4.87 Å². The zero-order valence-corrected chi connectivity index (χ0v) is 15.1. The van der Waals surface area contributed by atoms with E-state index in [0.29, 0.717) is 11.5 Å². The average molecular weight is 319 g/mol. The van der Waals surface area contributed by atoms with Crippen LogP contribution in [0.1, 0.15) is 65.2 Å². The van der Waals surface area contributed by atoms with Gasteiger partial charge in [0.15, 0.2) is 5.12 Å². The minimum atomic E-state index is -2.15. The standard InChI is InChI=1S/C15H30O3SSi/c1-4-6-7-8-9-11-14(16)19-15(5-2)20(3)17-12-10-13-18-20/h15H,4-13H2,1-3H3. The van der Waals surface area contributed by atoms with Gasteiger partial charge in [-0.1, -0.05) is 51.3 Å². The summed E-state index contributed by atoms with van der Waals surface area (Å²) in [7, 11) is -2.15. The van der Waals surface area contributed by atoms with Crippen LogP contribution in [-0.4, -0.2) is 31.8 Å². The van der Waals surface area contributed by atoms with Crippen LogP contribution in [-0.2, 0) is 13.6 Å². The zero-order valence-electron chi connectivity index (χ0n) is 13.3. The maximum atomic E-state index is 12.1. The molecule has 0 amide bonds. The molecule has 5 heteroatoms. The van der Waals surface area contributed by atoms with Crippen molar-refractivity contribution in [3.63, 3.8) is 0 Å². The number of hydrogen-bond acceptors (Lipinski definition) is 4. The molecule has 0 aromatic heterocycles. The summed E-state index contributed by atoms with van der Waals surface area (Å²) in [5, 5.41) is 0.319. The van der Waals surface area contributed by atoms with Gasteiger partial charge in [0.2, 0.25) is 0 Å². The van der Waals surface area contributed by atoms with Crippen molar-refractivity contribution in [1.29, 1.82) is 0 Å². The third kappa shape index (κ3) is 6.29. The molecule has 3 nitrogen and oxygen atoms in total. The van der Waals surface area contributed by atoms with Crippen molar-refractivity contribution in [2.24, 2.45) is 0 Å². The molecule has 0 aromatic rings. The number of hydrogen-bond donors (Lipinski definition) is 0. The Labute approximate surface area is 129 Å². The highest BCUT2D eigenvalue weighted by Crippen LogP contribution is 2.31. The average Bonchev–Trinajstić information content (AvgIpc) is 2.45. The number of carbonyl (C=O) groups is 1. The van der Waals surface area contributed by atoms with Crippen molar-refractivity contribution in [2.45, 2.75) is 76.6 Å². The first-order valence-corrected chi connectivity index (χ1v) is 11.4. The van der Waals surface area contributed by atoms with Gasteiger partial charge < -0.3 is 8.85 Å². The molecule has 0 aromatic carbocycles. The second-order valence-electron chi connectivity index (χ2n) is 5.62. The van der Waals surface area contributed by atoms with Crippen LogP contribution < -0.4 is 0 Å². The quantitative estimate of drug-likeness (QED) is 0.465. The van der Waals surface area contributed by atoms with E-state index in [4.69, 9.17) is 8.85 Å². The first-order valence-electron chi connectivity index (χ1n) is 8.09. The fourth-order valence-corrected chi connectivity index (χ4v) is 7.19. The van der Waals surface area contributed by atoms with Crippen molar-refractivity contribution >= 4 is 25.4 Å². The largest absolute Gasteiger partial charge is 0.394 e. The molecule has 1 heterocycles. The van der Waals surface area contributed by atoms with Crippen molar-refractivity contribution in [3.05, 3.63) is 0 Å². The predicted molar refractivity (Wildman–Crippen MR) is 88.2 cm³/mol. The molecule has 1 atom stereocenters. The van der Waals surface area contributed by atoms with Gasteiger partial charge in [-0.25, -0.2) is 0 Å². The van der Waals surface area contributed by atoms with Gasteiger partial charge in [0, 0.05) is 19.6 Å². The molecular formula is C15H30O3SSi. The summed E-state index contributed by atoms with van der Waals surface area (Å²) in [5.41, 5.74) is 0. The van der Waals surface area contributed by atoms with Gasteiger partial charge >= 0.3 is 8.56 Å². The summed E-state index contributed by atoms with van der Waals surface area (Å²) in [6.45, 7) is 8.05. The van der Waals surface area contributed by atoms with Crippen LogP contribution in [0.3, 0.4) is 0 Å². The van der Waals surface area contributed by atoms with Crippen molar-refractivity contribution in [3.8, 4) is 0 Å². The van der Waals surface area contributed by atoms with Crippen molar-refractivity contribution in [1.82, 2.24) is 0 Å². The molecule has 0 saturated carbocycles. The lowest BCUT2D eigenvalue weighted by molar-refractivity contribution is -0.111. The van der Waals surface area contributed by atoms with E-state index in [1.165, 1.54) is 37.4 Å². The molecule has 0 spiro atoms. The van der Waals surface area contributed by atoms with E-state index in [0.717, 1.165) is 32.5 Å². The van der Waals surface area contributed by atoms with E-state index < -0.39 is 8.56 Å². The molecule has 0 aliphatic carbocycles. The SMILES string of the molecule is CCCCCCCC(=O)SC(CC)[Si]1(C)OCCCO1. The molecule has 1 aliphatic rings. The molecule has 1 fully saturated rings. The monoisotopic (exact) mass is 318 g/mol. The van der Waals surface area contributed by atoms with Crippen LogP contribution in [0.4, 0.5) is 0 Å². The highest BCUT2D eigenvalue weighted by molar-refractivity contribution is 8.15. The predicted octanol–water partition coefficient (Wildman–Crippen LogP) is 4.43. The Morgan fingerprint density at radius 3 is 2.40 bits per heavy atom. The molecule has 1 rings (SSSR count). The van der Waals surface area contributed by atoms with Gasteiger partial charge in [0.05, 0.1) is 4.87 Å². The molecule has 1 saturated heterocycles. The number of thioether (sulfide) groups is 1. The van der Waals surface area contributed by atoms with Crippen LogP contribution in [0.15, 0.2) is 0 Å². The van der Waals surface area contributed by atoms with E-state index in [1.807, 2.05) is 0 Å². The van der Waals surface area contributed by atoms with Gasteiger partial charge in [-0.05, 0) is 25.8 Å². The maximum Gasteiger partial charge on any atom is 0.348 e. The van der Waals surface area contributed by atoms with E-state index in [1.54, 1.807) is 0 Å². The van der Waals surface area contributed by atoms with Crippen LogP contribution in [0.25, 0.3) is 0 Å². The first-order chi connectivity index (χ1) is 9.62. The Bertz CT molecular complexity index is 280. The molecule has 1 unspecified atom stereocenters. The third-order valence-corrected chi connectivity index (χ3v) is 9.64. The second kappa shape index (κ2) is 9.98.